The molecular formula is C13H11N3OS2. The monoisotopic (exact) mass is 289 g/mol. The highest BCUT2D eigenvalue weighted by Crippen LogP contribution is 2.36. The number of benzene rings is 1. The average Bonchev–Trinajstić information content (AvgIpc) is 2.38. The van der Waals surface area contributed by atoms with Gasteiger partial charge in [0.1, 0.15) is 5.92 Å². The van der Waals surface area contributed by atoms with Crippen molar-refractivity contribution in [3.63, 3.8) is 0 Å². The quantitative estimate of drug-likeness (QED) is 0.802. The normalized spacial score (nSPS) is 26.4. The van der Waals surface area contributed by atoms with Crippen LogP contribution in [0.4, 0.5) is 0 Å². The summed E-state index contributed by atoms with van der Waals surface area (Å²) >= 11 is 10.2. The van der Waals surface area contributed by atoms with E-state index in [9.17, 15) is 10.1 Å². The Morgan fingerprint density at radius 3 is 2.53 bits per heavy atom. The molecule has 1 heterocycles. The number of nitrogens with one attached hydrogen (secondary N) is 1. The standard InChI is InChI=1S/C13H11N3OS2/c14-6-8-9(7-4-2-1-3-5-7)10(11(15)18)13(19)16-12(8)17/h1-5,8-10H,(H2,15,18)(H,16,17,19)/t8-,9+,10+/m0/s1. The van der Waals surface area contributed by atoms with Gasteiger partial charge in [-0.25, -0.2) is 0 Å². The number of nitrogens with zero attached hydrogens (tertiary/aromatic N) is 1. The van der Waals surface area contributed by atoms with Crippen LogP contribution in [0, 0.1) is 23.2 Å². The molecule has 96 valence electrons. The summed E-state index contributed by atoms with van der Waals surface area (Å²) in [4.78, 5) is 12.4. The molecule has 1 aromatic rings. The molecule has 1 aliphatic rings. The Morgan fingerprint density at radius 2 is 2.00 bits per heavy atom. The van der Waals surface area contributed by atoms with E-state index in [1.54, 1.807) is 0 Å². The Labute approximate surface area is 121 Å². The van der Waals surface area contributed by atoms with Crippen molar-refractivity contribution in [1.82, 2.24) is 5.32 Å². The Morgan fingerprint density at radius 1 is 1.37 bits per heavy atom. The van der Waals surface area contributed by atoms with Crippen molar-refractivity contribution in [2.24, 2.45) is 17.6 Å². The van der Waals surface area contributed by atoms with Gasteiger partial charge in [0.2, 0.25) is 5.91 Å². The van der Waals surface area contributed by atoms with Crippen LogP contribution in [-0.4, -0.2) is 15.9 Å². The fourth-order valence-electron chi connectivity index (χ4n) is 2.30. The third kappa shape index (κ3) is 2.48. The Hall–Kier alpha value is -1.84. The van der Waals surface area contributed by atoms with Crippen LogP contribution in [0.2, 0.25) is 0 Å². The molecule has 4 nitrogen and oxygen atoms in total. The molecule has 19 heavy (non-hydrogen) atoms. The van der Waals surface area contributed by atoms with Gasteiger partial charge in [-0.2, -0.15) is 5.26 Å². The summed E-state index contributed by atoms with van der Waals surface area (Å²) in [7, 11) is 0. The van der Waals surface area contributed by atoms with Gasteiger partial charge in [0.05, 0.1) is 22.0 Å². The first-order valence-electron chi connectivity index (χ1n) is 5.65. The van der Waals surface area contributed by atoms with Crippen LogP contribution in [0.5, 0.6) is 0 Å². The van der Waals surface area contributed by atoms with Crippen LogP contribution in [0.25, 0.3) is 0 Å². The third-order valence-electron chi connectivity index (χ3n) is 3.16. The molecular weight excluding hydrogens is 278 g/mol. The summed E-state index contributed by atoms with van der Waals surface area (Å²) in [6.45, 7) is 0. The van der Waals surface area contributed by atoms with E-state index >= 15 is 0 Å². The zero-order valence-corrected chi connectivity index (χ0v) is 11.5. The van der Waals surface area contributed by atoms with E-state index in [0.29, 0.717) is 0 Å². The minimum Gasteiger partial charge on any atom is -0.393 e. The van der Waals surface area contributed by atoms with Crippen molar-refractivity contribution < 1.29 is 4.79 Å². The molecule has 1 amide bonds. The van der Waals surface area contributed by atoms with E-state index < -0.39 is 23.7 Å². The van der Waals surface area contributed by atoms with E-state index in [4.69, 9.17) is 30.2 Å². The minimum atomic E-state index is -0.847. The van der Waals surface area contributed by atoms with Gasteiger partial charge >= 0.3 is 0 Å². The van der Waals surface area contributed by atoms with Crippen LogP contribution in [0.15, 0.2) is 30.3 Å². The smallest absolute Gasteiger partial charge is 0.242 e. The van der Waals surface area contributed by atoms with E-state index in [0.717, 1.165) is 5.56 Å². The van der Waals surface area contributed by atoms with E-state index in [1.165, 1.54) is 0 Å². The lowest BCUT2D eigenvalue weighted by atomic mass is 9.74. The summed E-state index contributed by atoms with van der Waals surface area (Å²) in [5.74, 6) is -2.14. The SMILES string of the molecule is N#C[C@@H]1C(=O)NC(=S)[C@@H](C(N)=S)[C@@H]1c1ccccc1. The minimum absolute atomic E-state index is 0.194. The van der Waals surface area contributed by atoms with Gasteiger partial charge in [0, 0.05) is 5.92 Å². The topological polar surface area (TPSA) is 78.9 Å². The maximum absolute atomic E-state index is 11.9. The molecule has 3 N–H and O–H groups in total. The first kappa shape index (κ1) is 13.6. The van der Waals surface area contributed by atoms with Gasteiger partial charge < -0.3 is 11.1 Å². The van der Waals surface area contributed by atoms with E-state index in [2.05, 4.69) is 5.32 Å². The molecule has 0 aliphatic carbocycles. The van der Waals surface area contributed by atoms with Crippen molar-refractivity contribution in [2.75, 3.05) is 0 Å². The number of thiocarbonyl (C=S) groups is 2. The fraction of sp³-hybridized carbons (Fsp3) is 0.231. The number of carbonyl (C=O) groups excluding carboxylic acids is 1. The molecule has 3 atom stereocenters. The van der Waals surface area contributed by atoms with Gasteiger partial charge in [-0.3, -0.25) is 4.79 Å². The highest BCUT2D eigenvalue weighted by atomic mass is 32.1. The lowest BCUT2D eigenvalue weighted by Gasteiger charge is -2.34. The van der Waals surface area contributed by atoms with Crippen LogP contribution in [-0.2, 0) is 4.79 Å². The number of hydrogen-bond donors (Lipinski definition) is 2. The first-order chi connectivity index (χ1) is 9.06. The van der Waals surface area contributed by atoms with Gasteiger partial charge in [-0.15, -0.1) is 0 Å². The van der Waals surface area contributed by atoms with Gasteiger partial charge in [0.25, 0.3) is 0 Å². The van der Waals surface area contributed by atoms with Crippen LogP contribution >= 0.6 is 24.4 Å². The molecule has 1 saturated heterocycles. The van der Waals surface area contributed by atoms with Crippen LogP contribution in [0.3, 0.4) is 0 Å². The molecule has 0 aromatic heterocycles. The van der Waals surface area contributed by atoms with Crippen molar-refractivity contribution in [2.45, 2.75) is 5.92 Å². The summed E-state index contributed by atoms with van der Waals surface area (Å²) in [5, 5.41) is 11.8. The number of rotatable bonds is 2. The molecule has 6 heteroatoms. The maximum atomic E-state index is 11.9. The van der Waals surface area contributed by atoms with Crippen LogP contribution < -0.4 is 11.1 Å². The third-order valence-corrected chi connectivity index (χ3v) is 3.77. The van der Waals surface area contributed by atoms with Crippen molar-refractivity contribution in [3.05, 3.63) is 35.9 Å². The molecule has 1 aliphatic heterocycles. The fourth-order valence-corrected chi connectivity index (χ4v) is 3.01. The molecule has 1 fully saturated rings. The average molecular weight is 289 g/mol. The first-order valence-corrected chi connectivity index (χ1v) is 6.46. The summed E-state index contributed by atoms with van der Waals surface area (Å²) < 4.78 is 0. The highest BCUT2D eigenvalue weighted by molar-refractivity contribution is 7.82. The summed E-state index contributed by atoms with van der Waals surface area (Å²) in [6.07, 6.45) is 0. The molecule has 0 saturated carbocycles. The lowest BCUT2D eigenvalue weighted by molar-refractivity contribution is -0.123. The second-order valence-electron chi connectivity index (χ2n) is 4.28. The predicted molar refractivity (Wildman–Crippen MR) is 79.3 cm³/mol. The summed E-state index contributed by atoms with van der Waals surface area (Å²) in [5.41, 5.74) is 6.57. The van der Waals surface area contributed by atoms with Crippen molar-refractivity contribution in [1.29, 1.82) is 5.26 Å². The van der Waals surface area contributed by atoms with Gasteiger partial charge in [-0.05, 0) is 5.56 Å². The van der Waals surface area contributed by atoms with E-state index in [1.807, 2.05) is 36.4 Å². The van der Waals surface area contributed by atoms with Gasteiger partial charge in [0.15, 0.2) is 0 Å². The van der Waals surface area contributed by atoms with E-state index in [-0.39, 0.29) is 9.98 Å². The second-order valence-corrected chi connectivity index (χ2v) is 5.19. The predicted octanol–water partition coefficient (Wildman–Crippen LogP) is 1.27. The molecule has 0 unspecified atom stereocenters. The number of carbonyl (C=O) groups is 1. The number of nitriles is 1. The van der Waals surface area contributed by atoms with Crippen molar-refractivity contribution in [3.8, 4) is 6.07 Å². The molecule has 2 rings (SSSR count). The highest BCUT2D eigenvalue weighted by Gasteiger charge is 2.44. The Balaban J connectivity index is 2.53. The Kier molecular flexibility index (Phi) is 3.88. The summed E-state index contributed by atoms with van der Waals surface area (Å²) in [6, 6.07) is 11.3. The molecule has 0 bridgehead atoms. The number of piperidine rings is 1. The molecule has 0 spiro atoms. The number of amides is 1. The lowest BCUT2D eigenvalue weighted by Crippen LogP contribution is -2.53. The van der Waals surface area contributed by atoms with Crippen LogP contribution in [0.1, 0.15) is 11.5 Å². The van der Waals surface area contributed by atoms with Gasteiger partial charge in [-0.1, -0.05) is 54.8 Å². The molecule has 0 radical (unpaired) electrons. The second kappa shape index (κ2) is 5.43. The number of nitrogens with two attached hydrogens (primary N) is 1. The Bertz CT molecular complexity index is 579. The van der Waals surface area contributed by atoms with Crippen molar-refractivity contribution >= 4 is 40.3 Å². The largest absolute Gasteiger partial charge is 0.393 e. The molecule has 1 aromatic carbocycles. The number of hydrogen-bond acceptors (Lipinski definition) is 4. The maximum Gasteiger partial charge on any atom is 0.242 e. The zero-order chi connectivity index (χ0) is 14.0. The zero-order valence-electron chi connectivity index (χ0n) is 9.87.